The van der Waals surface area contributed by atoms with E-state index in [2.05, 4.69) is 5.32 Å². The van der Waals surface area contributed by atoms with Gasteiger partial charge in [-0.05, 0) is 17.7 Å². The highest BCUT2D eigenvalue weighted by atomic mass is 35.5. The van der Waals surface area contributed by atoms with Crippen LogP contribution in [-0.4, -0.2) is 39.5 Å². The predicted octanol–water partition coefficient (Wildman–Crippen LogP) is 3.25. The van der Waals surface area contributed by atoms with Gasteiger partial charge >= 0.3 is 0 Å². The molecule has 142 valence electrons. The summed E-state index contributed by atoms with van der Waals surface area (Å²) in [5.41, 5.74) is 1.47. The Hall–Kier alpha value is -1.31. The van der Waals surface area contributed by atoms with Crippen molar-refractivity contribution in [3.8, 4) is 5.75 Å². The van der Waals surface area contributed by atoms with Gasteiger partial charge in [0.2, 0.25) is 10.0 Å². The highest BCUT2D eigenvalue weighted by Crippen LogP contribution is 2.33. The van der Waals surface area contributed by atoms with Crippen LogP contribution in [0.2, 0.25) is 5.02 Å². The fourth-order valence-electron chi connectivity index (χ4n) is 3.12. The van der Waals surface area contributed by atoms with Gasteiger partial charge < -0.3 is 10.1 Å². The molecule has 0 aromatic heterocycles. The van der Waals surface area contributed by atoms with Crippen LogP contribution in [-0.2, 0) is 15.8 Å². The number of hydrogen-bond donors (Lipinski definition) is 1. The molecule has 2 aromatic carbocycles. The number of hydrogen-bond acceptors (Lipinski definition) is 4. The number of halogens is 2. The first-order valence-corrected chi connectivity index (χ1v) is 10.1. The van der Waals surface area contributed by atoms with Crippen molar-refractivity contribution in [2.75, 3.05) is 26.7 Å². The fraction of sp³-hybridized carbons (Fsp3) is 0.333. The van der Waals surface area contributed by atoms with E-state index in [1.165, 1.54) is 0 Å². The molecule has 1 atom stereocenters. The summed E-state index contributed by atoms with van der Waals surface area (Å²) in [7, 11) is -1.93. The Balaban J connectivity index is 0.00000243. The zero-order valence-corrected chi connectivity index (χ0v) is 16.8. The number of piperazine rings is 1. The second-order valence-electron chi connectivity index (χ2n) is 5.92. The molecule has 1 unspecified atom stereocenters. The molecule has 0 spiro atoms. The fourth-order valence-corrected chi connectivity index (χ4v) is 5.16. The molecule has 26 heavy (non-hydrogen) atoms. The van der Waals surface area contributed by atoms with Crippen LogP contribution in [0.15, 0.2) is 48.5 Å². The molecule has 8 heteroatoms. The smallest absolute Gasteiger partial charge is 0.218 e. The van der Waals surface area contributed by atoms with Gasteiger partial charge in [0, 0.05) is 30.2 Å². The lowest BCUT2D eigenvalue weighted by Gasteiger charge is -2.36. The summed E-state index contributed by atoms with van der Waals surface area (Å²) in [5, 5.41) is 3.74. The summed E-state index contributed by atoms with van der Waals surface area (Å²) in [6.45, 7) is 1.57. The molecule has 1 fully saturated rings. The zero-order valence-electron chi connectivity index (χ0n) is 14.4. The van der Waals surface area contributed by atoms with Crippen LogP contribution < -0.4 is 10.1 Å². The molecule has 5 nitrogen and oxygen atoms in total. The topological polar surface area (TPSA) is 58.6 Å². The third-order valence-electron chi connectivity index (χ3n) is 4.35. The lowest BCUT2D eigenvalue weighted by atomic mass is 10.0. The number of rotatable bonds is 5. The normalized spacial score (nSPS) is 18.2. The Kier molecular flexibility index (Phi) is 7.32. The van der Waals surface area contributed by atoms with Crippen LogP contribution >= 0.6 is 24.0 Å². The molecular weight excluding hydrogens is 395 g/mol. The highest BCUT2D eigenvalue weighted by molar-refractivity contribution is 7.88. The van der Waals surface area contributed by atoms with Crippen molar-refractivity contribution in [1.82, 2.24) is 9.62 Å². The number of nitrogens with zero attached hydrogens (tertiary/aromatic N) is 1. The predicted molar refractivity (Wildman–Crippen MR) is 107 cm³/mol. The molecule has 0 amide bonds. The molecule has 2 aromatic rings. The number of nitrogens with one attached hydrogen (secondary N) is 1. The molecule has 1 heterocycles. The average molecular weight is 417 g/mol. The number of methoxy groups -OCH3 is 1. The van der Waals surface area contributed by atoms with Crippen molar-refractivity contribution >= 4 is 34.0 Å². The first-order chi connectivity index (χ1) is 12.0. The molecule has 1 saturated heterocycles. The van der Waals surface area contributed by atoms with Crippen LogP contribution in [0.3, 0.4) is 0 Å². The molecule has 0 radical (unpaired) electrons. The van der Waals surface area contributed by atoms with Crippen molar-refractivity contribution in [3.05, 3.63) is 64.7 Å². The van der Waals surface area contributed by atoms with Crippen molar-refractivity contribution in [2.24, 2.45) is 0 Å². The highest BCUT2D eigenvalue weighted by Gasteiger charge is 2.34. The van der Waals surface area contributed by atoms with Crippen LogP contribution in [0.1, 0.15) is 17.2 Å². The van der Waals surface area contributed by atoms with E-state index >= 15 is 0 Å². The average Bonchev–Trinajstić information content (AvgIpc) is 2.63. The Morgan fingerprint density at radius 3 is 2.62 bits per heavy atom. The molecular formula is C18H22Cl2N2O3S. The standard InChI is InChI=1S/C18H21ClN2O3S.ClH/c1-24-18-9-5-3-7-15(18)17-12-20-10-11-21(17)25(22,23)13-14-6-2-4-8-16(14)19;/h2-9,17,20H,10-13H2,1H3;1H. The lowest BCUT2D eigenvalue weighted by Crippen LogP contribution is -2.49. The number of para-hydroxylation sites is 1. The van der Waals surface area contributed by atoms with Gasteiger partial charge in [-0.1, -0.05) is 48.0 Å². The van der Waals surface area contributed by atoms with Gasteiger partial charge in [-0.3, -0.25) is 0 Å². The Morgan fingerprint density at radius 1 is 1.19 bits per heavy atom. The number of ether oxygens (including phenoxy) is 1. The summed E-state index contributed by atoms with van der Waals surface area (Å²) >= 11 is 6.15. The molecule has 0 bridgehead atoms. The first-order valence-electron chi connectivity index (χ1n) is 8.09. The molecule has 1 aliphatic heterocycles. The quantitative estimate of drug-likeness (QED) is 0.812. The van der Waals surface area contributed by atoms with Crippen molar-refractivity contribution in [1.29, 1.82) is 0 Å². The van der Waals surface area contributed by atoms with Gasteiger partial charge in [0.05, 0.1) is 18.9 Å². The largest absolute Gasteiger partial charge is 0.496 e. The third-order valence-corrected chi connectivity index (χ3v) is 6.54. The minimum absolute atomic E-state index is 0. The second-order valence-corrected chi connectivity index (χ2v) is 8.25. The third kappa shape index (κ3) is 4.50. The van der Waals surface area contributed by atoms with E-state index in [9.17, 15) is 8.42 Å². The Labute approximate surface area is 165 Å². The zero-order chi connectivity index (χ0) is 17.9. The van der Waals surface area contributed by atoms with Gasteiger partial charge in [0.25, 0.3) is 0 Å². The van der Waals surface area contributed by atoms with E-state index < -0.39 is 10.0 Å². The van der Waals surface area contributed by atoms with E-state index in [1.54, 1.807) is 35.7 Å². The van der Waals surface area contributed by atoms with Crippen molar-refractivity contribution in [3.63, 3.8) is 0 Å². The molecule has 0 saturated carbocycles. The van der Waals surface area contributed by atoms with E-state index in [1.807, 2.05) is 24.3 Å². The minimum Gasteiger partial charge on any atom is -0.496 e. The van der Waals surface area contributed by atoms with Crippen LogP contribution in [0.25, 0.3) is 0 Å². The summed E-state index contributed by atoms with van der Waals surface area (Å²) < 4.78 is 33.2. The minimum atomic E-state index is -3.53. The second kappa shape index (κ2) is 9.06. The monoisotopic (exact) mass is 416 g/mol. The van der Waals surface area contributed by atoms with Crippen LogP contribution in [0.5, 0.6) is 5.75 Å². The molecule has 1 aliphatic rings. The van der Waals surface area contributed by atoms with E-state index in [-0.39, 0.29) is 24.2 Å². The summed E-state index contributed by atoms with van der Waals surface area (Å²) in [5.74, 6) is 0.576. The maximum atomic E-state index is 13.1. The summed E-state index contributed by atoms with van der Waals surface area (Å²) in [6.07, 6.45) is 0. The van der Waals surface area contributed by atoms with Crippen LogP contribution in [0.4, 0.5) is 0 Å². The molecule has 3 rings (SSSR count). The SMILES string of the molecule is COc1ccccc1C1CNCCN1S(=O)(=O)Cc1ccccc1Cl.Cl. The number of benzene rings is 2. The first kappa shape index (κ1) is 21.0. The molecule has 1 N–H and O–H groups in total. The number of sulfonamides is 1. The van der Waals surface area contributed by atoms with Crippen molar-refractivity contribution < 1.29 is 13.2 Å². The summed E-state index contributed by atoms with van der Waals surface area (Å²) in [4.78, 5) is 0. The van der Waals surface area contributed by atoms with E-state index in [0.717, 1.165) is 5.56 Å². The van der Waals surface area contributed by atoms with Gasteiger partial charge in [-0.15, -0.1) is 12.4 Å². The van der Waals surface area contributed by atoms with E-state index in [4.69, 9.17) is 16.3 Å². The lowest BCUT2D eigenvalue weighted by molar-refractivity contribution is 0.264. The van der Waals surface area contributed by atoms with Crippen molar-refractivity contribution in [2.45, 2.75) is 11.8 Å². The summed E-state index contributed by atoms with van der Waals surface area (Å²) in [6, 6.07) is 14.3. The maximum Gasteiger partial charge on any atom is 0.218 e. The Morgan fingerprint density at radius 2 is 1.88 bits per heavy atom. The van der Waals surface area contributed by atoms with Gasteiger partial charge in [0.1, 0.15) is 5.75 Å². The van der Waals surface area contributed by atoms with Gasteiger partial charge in [0.15, 0.2) is 0 Å². The van der Waals surface area contributed by atoms with Crippen LogP contribution in [0, 0.1) is 0 Å². The van der Waals surface area contributed by atoms with Gasteiger partial charge in [-0.2, -0.15) is 4.31 Å². The van der Waals surface area contributed by atoms with E-state index in [0.29, 0.717) is 36.0 Å². The molecule has 0 aliphatic carbocycles. The maximum absolute atomic E-state index is 13.1. The Bertz CT molecular complexity index is 846. The van der Waals surface area contributed by atoms with Gasteiger partial charge in [-0.25, -0.2) is 8.42 Å².